The lowest BCUT2D eigenvalue weighted by atomic mass is 10.00. The molecule has 0 bridgehead atoms. The van der Waals surface area contributed by atoms with Crippen molar-refractivity contribution in [1.82, 2.24) is 9.97 Å². The molecule has 3 aromatic carbocycles. The minimum absolute atomic E-state index is 0.447. The number of pyridine rings is 2. The number of nitrogens with zero attached hydrogens (tertiary/aromatic N) is 5. The van der Waals surface area contributed by atoms with Crippen LogP contribution in [-0.4, -0.2) is 29.8 Å². The van der Waals surface area contributed by atoms with Crippen LogP contribution in [-0.2, 0) is 0 Å². The van der Waals surface area contributed by atoms with Gasteiger partial charge in [-0.2, -0.15) is 0 Å². The summed E-state index contributed by atoms with van der Waals surface area (Å²) in [6.07, 6.45) is 3.68. The number of phenolic OH excluding ortho intramolecular Hbond substituents is 1. The second kappa shape index (κ2) is 9.77. The Kier molecular flexibility index (Phi) is 6.41. The van der Waals surface area contributed by atoms with E-state index < -0.39 is 37.6 Å². The average molecular weight is 485 g/mol. The highest BCUT2D eigenvalue weighted by molar-refractivity contribution is 6.07. The van der Waals surface area contributed by atoms with Crippen molar-refractivity contribution < 1.29 is 19.9 Å². The average Bonchev–Trinajstić information content (AvgIpc) is 2.88. The number of hydrogen-bond acceptors (Lipinski definition) is 9. The van der Waals surface area contributed by atoms with Crippen LogP contribution in [0.5, 0.6) is 5.75 Å². The van der Waals surface area contributed by atoms with E-state index in [-0.39, 0.29) is 0 Å². The van der Waals surface area contributed by atoms with E-state index in [1.54, 1.807) is 0 Å². The highest BCUT2D eigenvalue weighted by Gasteiger charge is 2.30. The van der Waals surface area contributed by atoms with Crippen LogP contribution in [0.2, 0.25) is 0 Å². The van der Waals surface area contributed by atoms with Gasteiger partial charge in [-0.15, -0.1) is 0 Å². The summed E-state index contributed by atoms with van der Waals surface area (Å²) in [5.74, 6) is -1.21. The largest absolute Gasteiger partial charge is 0.497 e. The zero-order chi connectivity index (χ0) is 25.8. The highest BCUT2D eigenvalue weighted by atomic mass is 16.6. The van der Waals surface area contributed by atoms with Gasteiger partial charge in [0.2, 0.25) is 0 Å². The molecule has 0 saturated carbocycles. The van der Waals surface area contributed by atoms with Crippen molar-refractivity contribution in [2.75, 3.05) is 0 Å². The van der Waals surface area contributed by atoms with Crippen LogP contribution in [0.1, 0.15) is 0 Å². The summed E-state index contributed by atoms with van der Waals surface area (Å²) in [6.45, 7) is 0. The molecule has 0 aliphatic carbocycles. The molecule has 0 atom stereocenters. The third kappa shape index (κ3) is 4.59. The molecule has 0 fully saturated rings. The zero-order valence-electron chi connectivity index (χ0n) is 18.2. The van der Waals surface area contributed by atoms with Crippen LogP contribution in [0.3, 0.4) is 0 Å². The fourth-order valence-electron chi connectivity index (χ4n) is 3.60. The molecule has 0 radical (unpaired) electrons. The Morgan fingerprint density at radius 1 is 0.667 bits per heavy atom. The quantitative estimate of drug-likeness (QED) is 0.194. The van der Waals surface area contributed by atoms with E-state index in [2.05, 4.69) is 58.5 Å². The fraction of sp³-hybridized carbons (Fsp3) is 0. The highest BCUT2D eigenvalue weighted by Crippen LogP contribution is 2.39. The van der Waals surface area contributed by atoms with E-state index in [1.165, 1.54) is 11.1 Å². The lowest BCUT2D eigenvalue weighted by molar-refractivity contribution is -0.404. The molecule has 12 nitrogen and oxygen atoms in total. The first-order chi connectivity index (χ1) is 17.3. The molecule has 0 saturated heterocycles. The number of fused-ring (bicyclic) bond motifs is 3. The van der Waals surface area contributed by atoms with Crippen molar-refractivity contribution in [3.8, 4) is 16.9 Å². The van der Waals surface area contributed by atoms with Gasteiger partial charge in [0.25, 0.3) is 11.4 Å². The number of phenols is 1. The first-order valence-corrected chi connectivity index (χ1v) is 10.3. The van der Waals surface area contributed by atoms with Gasteiger partial charge in [-0.1, -0.05) is 48.5 Å². The maximum absolute atomic E-state index is 10.4. The molecule has 0 unspecified atom stereocenters. The third-order valence-corrected chi connectivity index (χ3v) is 5.23. The van der Waals surface area contributed by atoms with Crippen LogP contribution < -0.4 is 0 Å². The number of non-ortho nitro benzene ring substituents is 1. The van der Waals surface area contributed by atoms with Crippen molar-refractivity contribution in [1.29, 1.82) is 0 Å². The summed E-state index contributed by atoms with van der Waals surface area (Å²) in [6, 6.07) is 21.6. The Morgan fingerprint density at radius 3 is 1.92 bits per heavy atom. The van der Waals surface area contributed by atoms with E-state index in [1.807, 2.05) is 24.5 Å². The summed E-state index contributed by atoms with van der Waals surface area (Å²) in [5.41, 5.74) is 1.32. The Hall–Kier alpha value is -5.52. The van der Waals surface area contributed by atoms with Crippen LogP contribution >= 0.6 is 0 Å². The van der Waals surface area contributed by atoms with Crippen molar-refractivity contribution in [3.63, 3.8) is 0 Å². The maximum atomic E-state index is 10.4. The predicted molar refractivity (Wildman–Crippen MR) is 131 cm³/mol. The van der Waals surface area contributed by atoms with Crippen molar-refractivity contribution in [2.45, 2.75) is 0 Å². The summed E-state index contributed by atoms with van der Waals surface area (Å²) in [4.78, 5) is 36.8. The summed E-state index contributed by atoms with van der Waals surface area (Å²) < 4.78 is 0. The van der Waals surface area contributed by atoms with E-state index in [9.17, 15) is 30.3 Å². The third-order valence-electron chi connectivity index (χ3n) is 5.23. The van der Waals surface area contributed by atoms with Crippen LogP contribution in [0.25, 0.3) is 32.9 Å². The Labute approximate surface area is 201 Å². The lowest BCUT2D eigenvalue weighted by Gasteiger charge is -2.08. The van der Waals surface area contributed by atoms with Crippen molar-refractivity contribution in [2.24, 2.45) is 0 Å². The van der Waals surface area contributed by atoms with Gasteiger partial charge in [0.05, 0.1) is 37.9 Å². The standard InChI is InChI=1S/C18H12N2.C6H3N3O7/c1-2-5-13(6-3-1)15-10-12-20-18-16(15)9-8-14-7-4-11-19-17(14)18;10-6-4(8(13)14)1-3(7(11)12)2-5(6)9(15)16/h1-12H;1-2,10H. The van der Waals surface area contributed by atoms with Gasteiger partial charge in [0.15, 0.2) is 0 Å². The number of hydrogen-bond donors (Lipinski definition) is 1. The molecule has 2 heterocycles. The van der Waals surface area contributed by atoms with Crippen molar-refractivity contribution in [3.05, 3.63) is 116 Å². The smallest absolute Gasteiger partial charge is 0.324 e. The molecule has 1 N–H and O–H groups in total. The molecule has 0 amide bonds. The predicted octanol–water partition coefficient (Wildman–Crippen LogP) is 5.57. The Morgan fingerprint density at radius 2 is 1.31 bits per heavy atom. The fourth-order valence-corrected chi connectivity index (χ4v) is 3.60. The molecule has 0 aliphatic rings. The Balaban J connectivity index is 0.000000175. The first kappa shape index (κ1) is 23.6. The van der Waals surface area contributed by atoms with Gasteiger partial charge in [-0.3, -0.25) is 40.3 Å². The van der Waals surface area contributed by atoms with E-state index >= 15 is 0 Å². The molecule has 5 aromatic rings. The molecule has 5 rings (SSSR count). The molecular weight excluding hydrogens is 470 g/mol. The minimum Gasteiger partial charge on any atom is -0.497 e. The number of aromatic hydroxyl groups is 1. The Bertz CT molecular complexity index is 1610. The molecule has 12 heteroatoms. The first-order valence-electron chi connectivity index (χ1n) is 10.3. The number of nitro benzene ring substituents is 3. The lowest BCUT2D eigenvalue weighted by Crippen LogP contribution is -1.97. The van der Waals surface area contributed by atoms with E-state index in [4.69, 9.17) is 5.11 Å². The summed E-state index contributed by atoms with van der Waals surface area (Å²) in [5, 5.41) is 42.5. The van der Waals surface area contributed by atoms with E-state index in [0.717, 1.165) is 21.8 Å². The summed E-state index contributed by atoms with van der Waals surface area (Å²) >= 11 is 0. The minimum atomic E-state index is -1.21. The molecule has 0 aliphatic heterocycles. The molecule has 2 aromatic heterocycles. The zero-order valence-corrected chi connectivity index (χ0v) is 18.2. The van der Waals surface area contributed by atoms with E-state index in [0.29, 0.717) is 12.1 Å². The van der Waals surface area contributed by atoms with Gasteiger partial charge in [-0.05, 0) is 23.3 Å². The van der Waals surface area contributed by atoms with Gasteiger partial charge in [0.1, 0.15) is 0 Å². The second-order valence-electron chi connectivity index (χ2n) is 7.37. The monoisotopic (exact) mass is 485 g/mol. The molecule has 0 spiro atoms. The normalized spacial score (nSPS) is 10.4. The molecule has 178 valence electrons. The number of aromatic nitrogens is 2. The molecular formula is C24H15N5O7. The number of benzene rings is 3. The number of nitro groups is 3. The van der Waals surface area contributed by atoms with Crippen LogP contribution in [0, 0.1) is 30.3 Å². The van der Waals surface area contributed by atoms with Gasteiger partial charge in [0, 0.05) is 23.2 Å². The van der Waals surface area contributed by atoms with Crippen LogP contribution in [0.15, 0.2) is 85.2 Å². The number of rotatable bonds is 4. The van der Waals surface area contributed by atoms with Gasteiger partial charge >= 0.3 is 11.4 Å². The topological polar surface area (TPSA) is 175 Å². The summed E-state index contributed by atoms with van der Waals surface area (Å²) in [7, 11) is 0. The second-order valence-corrected chi connectivity index (χ2v) is 7.37. The van der Waals surface area contributed by atoms with Gasteiger partial charge < -0.3 is 5.11 Å². The van der Waals surface area contributed by atoms with Gasteiger partial charge in [-0.25, -0.2) is 0 Å². The van der Waals surface area contributed by atoms with Crippen molar-refractivity contribution >= 4 is 38.9 Å². The SMILES string of the molecule is O=[N+]([O-])c1cc([N+](=O)[O-])c(O)c([N+](=O)[O-])c1.c1ccc(-c2ccnc3c2ccc2cccnc23)cc1. The molecule has 36 heavy (non-hydrogen) atoms. The van der Waals surface area contributed by atoms with Crippen LogP contribution in [0.4, 0.5) is 17.1 Å². The maximum Gasteiger partial charge on any atom is 0.324 e.